The summed E-state index contributed by atoms with van der Waals surface area (Å²) in [6.07, 6.45) is 0. The predicted octanol–water partition coefficient (Wildman–Crippen LogP) is 4.00. The minimum Gasteiger partial charge on any atom is -0.322 e. The van der Waals surface area contributed by atoms with Crippen LogP contribution in [-0.2, 0) is 0 Å². The van der Waals surface area contributed by atoms with Gasteiger partial charge in [0.1, 0.15) is 5.82 Å². The van der Waals surface area contributed by atoms with E-state index >= 15 is 0 Å². The lowest BCUT2D eigenvalue weighted by Crippen LogP contribution is -2.14. The molecule has 0 heterocycles. The number of carbonyl (C=O) groups is 1. The van der Waals surface area contributed by atoms with E-state index in [9.17, 15) is 9.18 Å². The smallest absolute Gasteiger partial charge is 0.256 e. The zero-order valence-corrected chi connectivity index (χ0v) is 11.3. The number of aryl methyl sites for hydroxylation is 2. The van der Waals surface area contributed by atoms with Gasteiger partial charge in [-0.2, -0.15) is 0 Å². The van der Waals surface area contributed by atoms with Crippen molar-refractivity contribution in [2.24, 2.45) is 0 Å². The number of halogens is 1. The van der Waals surface area contributed by atoms with Crippen LogP contribution in [0.25, 0.3) is 0 Å². The molecular formula is C16H16FNO. The molecule has 0 aliphatic heterocycles. The minimum atomic E-state index is -0.406. The van der Waals surface area contributed by atoms with Crippen LogP contribution in [0.4, 0.5) is 10.1 Å². The minimum absolute atomic E-state index is 0.286. The molecule has 2 aromatic rings. The number of amides is 1. The maximum Gasteiger partial charge on any atom is 0.256 e. The average Bonchev–Trinajstić information content (AvgIpc) is 2.38. The Balaban J connectivity index is 2.31. The van der Waals surface area contributed by atoms with Gasteiger partial charge in [-0.05, 0) is 55.7 Å². The fourth-order valence-electron chi connectivity index (χ4n) is 1.92. The van der Waals surface area contributed by atoms with Gasteiger partial charge in [-0.1, -0.05) is 18.2 Å². The first-order valence-corrected chi connectivity index (χ1v) is 6.13. The lowest BCUT2D eigenvalue weighted by molar-refractivity contribution is 0.102. The predicted molar refractivity (Wildman–Crippen MR) is 75.0 cm³/mol. The molecular weight excluding hydrogens is 241 g/mol. The van der Waals surface area contributed by atoms with Crippen molar-refractivity contribution in [2.75, 3.05) is 5.32 Å². The standard InChI is InChI=1S/C16H16FNO/c1-10-5-4-6-15(12(10)3)18-16(19)14-9-13(17)8-7-11(14)2/h4-9H,1-3H3,(H,18,19). The van der Waals surface area contributed by atoms with Gasteiger partial charge < -0.3 is 5.32 Å². The lowest BCUT2D eigenvalue weighted by atomic mass is 10.1. The quantitative estimate of drug-likeness (QED) is 0.865. The van der Waals surface area contributed by atoms with Crippen LogP contribution in [0.15, 0.2) is 36.4 Å². The van der Waals surface area contributed by atoms with E-state index in [4.69, 9.17) is 0 Å². The largest absolute Gasteiger partial charge is 0.322 e. The van der Waals surface area contributed by atoms with Gasteiger partial charge in [0.15, 0.2) is 0 Å². The summed E-state index contributed by atoms with van der Waals surface area (Å²) in [6.45, 7) is 5.72. The molecule has 1 amide bonds. The normalized spacial score (nSPS) is 10.3. The average molecular weight is 257 g/mol. The van der Waals surface area contributed by atoms with E-state index in [-0.39, 0.29) is 5.91 Å². The molecule has 2 rings (SSSR count). The molecule has 0 spiro atoms. The maximum absolute atomic E-state index is 13.2. The van der Waals surface area contributed by atoms with Crippen LogP contribution in [-0.4, -0.2) is 5.91 Å². The third kappa shape index (κ3) is 2.81. The summed E-state index contributed by atoms with van der Waals surface area (Å²) in [5.41, 5.74) is 4.00. The van der Waals surface area contributed by atoms with Crippen molar-refractivity contribution in [3.05, 3.63) is 64.5 Å². The first kappa shape index (κ1) is 13.3. The van der Waals surface area contributed by atoms with Crippen LogP contribution in [0.5, 0.6) is 0 Å². The fraction of sp³-hybridized carbons (Fsp3) is 0.188. The van der Waals surface area contributed by atoms with Crippen LogP contribution >= 0.6 is 0 Å². The number of nitrogens with one attached hydrogen (secondary N) is 1. The highest BCUT2D eigenvalue weighted by atomic mass is 19.1. The molecule has 0 fully saturated rings. The van der Waals surface area contributed by atoms with Gasteiger partial charge in [0.25, 0.3) is 5.91 Å². The molecule has 2 aromatic carbocycles. The van der Waals surface area contributed by atoms with E-state index in [0.29, 0.717) is 5.56 Å². The second kappa shape index (κ2) is 5.22. The van der Waals surface area contributed by atoms with E-state index in [0.717, 1.165) is 22.4 Å². The van der Waals surface area contributed by atoms with Crippen molar-refractivity contribution in [3.63, 3.8) is 0 Å². The lowest BCUT2D eigenvalue weighted by Gasteiger charge is -2.11. The Labute approximate surface area is 112 Å². The van der Waals surface area contributed by atoms with Gasteiger partial charge in [-0.3, -0.25) is 4.79 Å². The number of anilines is 1. The summed E-state index contributed by atoms with van der Waals surface area (Å²) in [5.74, 6) is -0.692. The van der Waals surface area contributed by atoms with Crippen LogP contribution in [0.1, 0.15) is 27.0 Å². The summed E-state index contributed by atoms with van der Waals surface area (Å²) >= 11 is 0. The summed E-state index contributed by atoms with van der Waals surface area (Å²) in [5, 5.41) is 2.83. The first-order chi connectivity index (χ1) is 8.99. The Morgan fingerprint density at radius 3 is 2.53 bits per heavy atom. The zero-order valence-electron chi connectivity index (χ0n) is 11.3. The number of hydrogen-bond donors (Lipinski definition) is 1. The second-order valence-corrected chi connectivity index (χ2v) is 4.66. The van der Waals surface area contributed by atoms with Gasteiger partial charge >= 0.3 is 0 Å². The topological polar surface area (TPSA) is 29.1 Å². The Hall–Kier alpha value is -2.16. The molecule has 0 aliphatic carbocycles. The molecule has 0 atom stereocenters. The van der Waals surface area contributed by atoms with Gasteiger partial charge in [0.2, 0.25) is 0 Å². The molecule has 0 bridgehead atoms. The summed E-state index contributed by atoms with van der Waals surface area (Å²) in [7, 11) is 0. The number of carbonyl (C=O) groups excluding carboxylic acids is 1. The summed E-state index contributed by atoms with van der Waals surface area (Å²) < 4.78 is 13.2. The molecule has 3 heteroatoms. The molecule has 98 valence electrons. The van der Waals surface area contributed by atoms with Crippen molar-refractivity contribution in [1.82, 2.24) is 0 Å². The molecule has 0 aliphatic rings. The van der Waals surface area contributed by atoms with Crippen molar-refractivity contribution >= 4 is 11.6 Å². The number of hydrogen-bond acceptors (Lipinski definition) is 1. The summed E-state index contributed by atoms with van der Waals surface area (Å²) in [6, 6.07) is 9.93. The highest BCUT2D eigenvalue weighted by Crippen LogP contribution is 2.20. The van der Waals surface area contributed by atoms with Crippen molar-refractivity contribution in [2.45, 2.75) is 20.8 Å². The Kier molecular flexibility index (Phi) is 3.65. The molecule has 19 heavy (non-hydrogen) atoms. The van der Waals surface area contributed by atoms with Crippen LogP contribution in [0.2, 0.25) is 0 Å². The maximum atomic E-state index is 13.2. The van der Waals surface area contributed by atoms with E-state index in [2.05, 4.69) is 5.32 Å². The monoisotopic (exact) mass is 257 g/mol. The van der Waals surface area contributed by atoms with Crippen LogP contribution in [0.3, 0.4) is 0 Å². The molecule has 0 saturated carbocycles. The Bertz CT molecular complexity index is 635. The Morgan fingerprint density at radius 1 is 1.05 bits per heavy atom. The van der Waals surface area contributed by atoms with Crippen LogP contribution < -0.4 is 5.32 Å². The first-order valence-electron chi connectivity index (χ1n) is 6.13. The fourth-order valence-corrected chi connectivity index (χ4v) is 1.92. The third-order valence-corrected chi connectivity index (χ3v) is 3.30. The molecule has 0 aromatic heterocycles. The highest BCUT2D eigenvalue weighted by molar-refractivity contribution is 6.05. The highest BCUT2D eigenvalue weighted by Gasteiger charge is 2.11. The van der Waals surface area contributed by atoms with Gasteiger partial charge in [-0.15, -0.1) is 0 Å². The van der Waals surface area contributed by atoms with E-state index in [1.807, 2.05) is 32.0 Å². The number of benzene rings is 2. The van der Waals surface area contributed by atoms with E-state index in [1.54, 1.807) is 13.0 Å². The van der Waals surface area contributed by atoms with E-state index < -0.39 is 5.82 Å². The second-order valence-electron chi connectivity index (χ2n) is 4.66. The molecule has 0 unspecified atom stereocenters. The molecule has 1 N–H and O–H groups in total. The van der Waals surface area contributed by atoms with Gasteiger partial charge in [0.05, 0.1) is 0 Å². The molecule has 0 radical (unpaired) electrons. The SMILES string of the molecule is Cc1ccc(F)cc1C(=O)Nc1cccc(C)c1C. The number of rotatable bonds is 2. The molecule has 2 nitrogen and oxygen atoms in total. The third-order valence-electron chi connectivity index (χ3n) is 3.30. The van der Waals surface area contributed by atoms with Crippen molar-refractivity contribution in [1.29, 1.82) is 0 Å². The van der Waals surface area contributed by atoms with Crippen molar-refractivity contribution < 1.29 is 9.18 Å². The van der Waals surface area contributed by atoms with Crippen LogP contribution in [0, 0.1) is 26.6 Å². The Morgan fingerprint density at radius 2 is 1.79 bits per heavy atom. The summed E-state index contributed by atoms with van der Waals surface area (Å²) in [4.78, 5) is 12.2. The van der Waals surface area contributed by atoms with Crippen molar-refractivity contribution in [3.8, 4) is 0 Å². The van der Waals surface area contributed by atoms with E-state index in [1.165, 1.54) is 12.1 Å². The van der Waals surface area contributed by atoms with Gasteiger partial charge in [0, 0.05) is 11.3 Å². The van der Waals surface area contributed by atoms with Gasteiger partial charge in [-0.25, -0.2) is 4.39 Å². The molecule has 0 saturated heterocycles. The zero-order chi connectivity index (χ0) is 14.0.